The van der Waals surface area contributed by atoms with Gasteiger partial charge in [-0.2, -0.15) is 0 Å². The van der Waals surface area contributed by atoms with E-state index < -0.39 is 0 Å². The molecule has 0 unspecified atom stereocenters. The number of pyridine rings is 1. The van der Waals surface area contributed by atoms with E-state index in [4.69, 9.17) is 0 Å². The number of nitrogens with zero attached hydrogens (tertiary/aromatic N) is 1. The van der Waals surface area contributed by atoms with Crippen LogP contribution in [0.25, 0.3) is 33.2 Å². The molecule has 0 bridgehead atoms. The van der Waals surface area contributed by atoms with Crippen molar-refractivity contribution >= 4 is 21.9 Å². The fraction of sp³-hybridized carbons (Fsp3) is 0. The molecule has 0 amide bonds. The van der Waals surface area contributed by atoms with Crippen molar-refractivity contribution in [3.63, 3.8) is 0 Å². The van der Waals surface area contributed by atoms with Gasteiger partial charge in [0.05, 0.1) is 0 Å². The van der Waals surface area contributed by atoms with Crippen LogP contribution in [0.3, 0.4) is 0 Å². The number of rotatable bonds is 1. The average molecular weight is 233 g/mol. The Balaban J connectivity index is 2.01. The second-order valence-electron chi connectivity index (χ2n) is 4.37. The Labute approximate surface area is 103 Å². The number of para-hydroxylation sites is 1. The van der Waals surface area contributed by atoms with Crippen LogP contribution in [0.2, 0.25) is 0 Å². The minimum atomic E-state index is 0.929. The highest BCUT2D eigenvalue weighted by Gasteiger charge is 2.08. The molecule has 4 rings (SSSR count). The highest BCUT2D eigenvalue weighted by molar-refractivity contribution is 5.97. The van der Waals surface area contributed by atoms with E-state index in [0.717, 1.165) is 22.2 Å². The van der Waals surface area contributed by atoms with Gasteiger partial charge in [-0.1, -0.05) is 18.2 Å². The maximum absolute atomic E-state index is 4.33. The van der Waals surface area contributed by atoms with Gasteiger partial charge in [-0.05, 0) is 24.3 Å². The van der Waals surface area contributed by atoms with E-state index in [1.165, 1.54) is 10.9 Å². The van der Waals surface area contributed by atoms with Gasteiger partial charge < -0.3 is 9.97 Å². The third kappa shape index (κ3) is 1.27. The Hall–Kier alpha value is -2.55. The van der Waals surface area contributed by atoms with Gasteiger partial charge >= 0.3 is 0 Å². The maximum atomic E-state index is 4.33. The van der Waals surface area contributed by atoms with Gasteiger partial charge in [-0.25, -0.2) is 4.98 Å². The van der Waals surface area contributed by atoms with Crippen molar-refractivity contribution in [2.45, 2.75) is 0 Å². The molecule has 0 aliphatic rings. The Bertz CT molecular complexity index is 806. The lowest BCUT2D eigenvalue weighted by Crippen LogP contribution is -1.75. The highest BCUT2D eigenvalue weighted by Crippen LogP contribution is 2.29. The van der Waals surface area contributed by atoms with E-state index >= 15 is 0 Å². The van der Waals surface area contributed by atoms with Gasteiger partial charge in [0.25, 0.3) is 0 Å². The number of aromatic amines is 2. The summed E-state index contributed by atoms with van der Waals surface area (Å²) in [6.45, 7) is 0. The SMILES string of the molecule is c1cnc2[nH]c(-c3c[nH]c4ccccc34)cc2c1. The molecule has 3 aromatic heterocycles. The second-order valence-corrected chi connectivity index (χ2v) is 4.37. The summed E-state index contributed by atoms with van der Waals surface area (Å²) in [5.41, 5.74) is 4.36. The van der Waals surface area contributed by atoms with Crippen LogP contribution >= 0.6 is 0 Å². The lowest BCUT2D eigenvalue weighted by molar-refractivity contribution is 1.33. The minimum absolute atomic E-state index is 0.929. The topological polar surface area (TPSA) is 44.5 Å². The zero-order valence-electron chi connectivity index (χ0n) is 9.64. The predicted octanol–water partition coefficient (Wildman–Crippen LogP) is 3.71. The quantitative estimate of drug-likeness (QED) is 0.517. The number of H-pyrrole nitrogens is 2. The fourth-order valence-electron chi connectivity index (χ4n) is 2.40. The molecule has 0 aliphatic carbocycles. The highest BCUT2D eigenvalue weighted by atomic mass is 14.9. The predicted molar refractivity (Wildman–Crippen MR) is 73.4 cm³/mol. The van der Waals surface area contributed by atoms with E-state index in [1.54, 1.807) is 6.20 Å². The first-order valence-corrected chi connectivity index (χ1v) is 5.92. The van der Waals surface area contributed by atoms with Crippen molar-refractivity contribution in [1.82, 2.24) is 15.0 Å². The molecule has 0 saturated carbocycles. The smallest absolute Gasteiger partial charge is 0.137 e. The summed E-state index contributed by atoms with van der Waals surface area (Å²) in [5, 5.41) is 2.36. The number of fused-ring (bicyclic) bond motifs is 2. The van der Waals surface area contributed by atoms with Gasteiger partial charge in [-0.3, -0.25) is 0 Å². The third-order valence-electron chi connectivity index (χ3n) is 3.27. The first kappa shape index (κ1) is 9.48. The number of hydrogen-bond donors (Lipinski definition) is 2. The minimum Gasteiger partial charge on any atom is -0.360 e. The molecule has 1 aromatic carbocycles. The van der Waals surface area contributed by atoms with E-state index in [-0.39, 0.29) is 0 Å². The molecule has 2 N–H and O–H groups in total. The molecular weight excluding hydrogens is 222 g/mol. The van der Waals surface area contributed by atoms with E-state index in [1.807, 2.05) is 18.3 Å². The third-order valence-corrected chi connectivity index (χ3v) is 3.27. The number of benzene rings is 1. The van der Waals surface area contributed by atoms with Gasteiger partial charge in [0, 0.05) is 39.9 Å². The van der Waals surface area contributed by atoms with Crippen LogP contribution in [-0.2, 0) is 0 Å². The van der Waals surface area contributed by atoms with Gasteiger partial charge in [0.2, 0.25) is 0 Å². The second kappa shape index (κ2) is 3.47. The zero-order chi connectivity index (χ0) is 11.9. The van der Waals surface area contributed by atoms with Crippen LogP contribution in [0.4, 0.5) is 0 Å². The molecule has 4 aromatic rings. The summed E-state index contributed by atoms with van der Waals surface area (Å²) in [4.78, 5) is 11.0. The van der Waals surface area contributed by atoms with Crippen LogP contribution in [0.5, 0.6) is 0 Å². The number of aromatic nitrogens is 3. The summed E-state index contributed by atoms with van der Waals surface area (Å²) < 4.78 is 0. The van der Waals surface area contributed by atoms with Gasteiger partial charge in [0.15, 0.2) is 0 Å². The van der Waals surface area contributed by atoms with Crippen molar-refractivity contribution in [1.29, 1.82) is 0 Å². The normalized spacial score (nSPS) is 11.3. The van der Waals surface area contributed by atoms with Crippen molar-refractivity contribution in [2.24, 2.45) is 0 Å². The van der Waals surface area contributed by atoms with Crippen LogP contribution in [0, 0.1) is 0 Å². The van der Waals surface area contributed by atoms with Crippen LogP contribution < -0.4 is 0 Å². The molecule has 3 heterocycles. The van der Waals surface area contributed by atoms with E-state index in [2.05, 4.69) is 45.3 Å². The summed E-state index contributed by atoms with van der Waals surface area (Å²) in [6, 6.07) is 14.5. The number of hydrogen-bond acceptors (Lipinski definition) is 1. The van der Waals surface area contributed by atoms with Crippen molar-refractivity contribution in [2.75, 3.05) is 0 Å². The molecule has 0 radical (unpaired) electrons. The molecule has 0 fully saturated rings. The summed E-state index contributed by atoms with van der Waals surface area (Å²) in [7, 11) is 0. The fourth-order valence-corrected chi connectivity index (χ4v) is 2.40. The van der Waals surface area contributed by atoms with Crippen LogP contribution in [0.15, 0.2) is 54.9 Å². The zero-order valence-corrected chi connectivity index (χ0v) is 9.64. The molecule has 0 atom stereocenters. The molecule has 0 saturated heterocycles. The summed E-state index contributed by atoms with van der Waals surface area (Å²) >= 11 is 0. The summed E-state index contributed by atoms with van der Waals surface area (Å²) in [5.74, 6) is 0. The number of nitrogens with one attached hydrogen (secondary N) is 2. The van der Waals surface area contributed by atoms with Crippen LogP contribution in [0.1, 0.15) is 0 Å². The Morgan fingerprint density at radius 2 is 1.94 bits per heavy atom. The molecule has 18 heavy (non-hydrogen) atoms. The van der Waals surface area contributed by atoms with Crippen molar-refractivity contribution in [3.05, 3.63) is 54.9 Å². The first-order chi connectivity index (χ1) is 8.92. The molecule has 3 heteroatoms. The Morgan fingerprint density at radius 1 is 1.00 bits per heavy atom. The molecule has 0 spiro atoms. The molecule has 3 nitrogen and oxygen atoms in total. The monoisotopic (exact) mass is 233 g/mol. The van der Waals surface area contributed by atoms with Crippen LogP contribution in [-0.4, -0.2) is 15.0 Å². The van der Waals surface area contributed by atoms with E-state index in [0.29, 0.717) is 0 Å². The Morgan fingerprint density at radius 3 is 2.89 bits per heavy atom. The van der Waals surface area contributed by atoms with Crippen molar-refractivity contribution in [3.8, 4) is 11.3 Å². The Kier molecular flexibility index (Phi) is 1.83. The standard InChI is InChI=1S/C15H11N3/c1-2-6-13-11(5-1)12(9-17-13)14-8-10-4-3-7-16-15(10)18-14/h1-9,17H,(H,16,18). The maximum Gasteiger partial charge on any atom is 0.137 e. The molecule has 0 aliphatic heterocycles. The first-order valence-electron chi connectivity index (χ1n) is 5.92. The largest absolute Gasteiger partial charge is 0.360 e. The lowest BCUT2D eigenvalue weighted by atomic mass is 10.1. The van der Waals surface area contributed by atoms with Gasteiger partial charge in [-0.15, -0.1) is 0 Å². The van der Waals surface area contributed by atoms with Crippen molar-refractivity contribution < 1.29 is 0 Å². The lowest BCUT2D eigenvalue weighted by Gasteiger charge is -1.94. The van der Waals surface area contributed by atoms with Gasteiger partial charge in [0.1, 0.15) is 5.65 Å². The molecule has 86 valence electrons. The van der Waals surface area contributed by atoms with E-state index in [9.17, 15) is 0 Å². The average Bonchev–Trinajstić information content (AvgIpc) is 3.02. The summed E-state index contributed by atoms with van der Waals surface area (Å²) in [6.07, 6.45) is 3.84. The molecular formula is C15H11N3.